The lowest BCUT2D eigenvalue weighted by Crippen LogP contribution is -2.46. The Morgan fingerprint density at radius 1 is 0.500 bits per heavy atom. The predicted molar refractivity (Wildman–Crippen MR) is 208 cm³/mol. The van der Waals surface area contributed by atoms with Crippen LogP contribution in [0.1, 0.15) is 25.7 Å². The van der Waals surface area contributed by atoms with Crippen molar-refractivity contribution in [1.29, 1.82) is 0 Å². The van der Waals surface area contributed by atoms with Gasteiger partial charge in [0.25, 0.3) is 10.5 Å². The van der Waals surface area contributed by atoms with Gasteiger partial charge in [0, 0.05) is 112 Å². The number of hydrogen-bond donors (Lipinski definition) is 0. The number of likely N-dealkylation sites (N-methyl/N-ethyl adjacent to an activating group) is 2. The molecule has 250 valence electrons. The molecule has 0 aromatic carbocycles. The summed E-state index contributed by atoms with van der Waals surface area (Å²) >= 11 is 18.1. The monoisotopic (exact) mass is 756 g/mol. The quantitative estimate of drug-likeness (QED) is 0.196. The molecule has 0 N–H and O–H groups in total. The third kappa shape index (κ3) is 13.0. The fourth-order valence-electron chi connectivity index (χ4n) is 5.16. The highest BCUT2D eigenvalue weighted by Gasteiger charge is 2.26. The average Bonchev–Trinajstić information content (AvgIpc) is 3.77. The van der Waals surface area contributed by atoms with E-state index in [-0.39, 0.29) is 21.0 Å². The molecular formula is C28H48N6O2S8. The molecule has 0 aliphatic carbocycles. The van der Waals surface area contributed by atoms with E-state index in [2.05, 4.69) is 33.7 Å². The number of nitrogens with zero attached hydrogens (tertiary/aromatic N) is 6. The van der Waals surface area contributed by atoms with E-state index < -0.39 is 0 Å². The van der Waals surface area contributed by atoms with Crippen LogP contribution < -0.4 is 0 Å². The normalized spacial score (nSPS) is 21.6. The Morgan fingerprint density at radius 3 is 1.16 bits per heavy atom. The molecule has 0 aromatic rings. The Balaban J connectivity index is 1.32. The van der Waals surface area contributed by atoms with Crippen LogP contribution in [0, 0.1) is 0 Å². The number of carbonyl (C=O) groups excluding carboxylic acids is 2. The first-order chi connectivity index (χ1) is 21.3. The molecule has 0 radical (unpaired) electrons. The van der Waals surface area contributed by atoms with Gasteiger partial charge < -0.3 is 29.4 Å². The summed E-state index contributed by atoms with van der Waals surface area (Å²) in [5, 5.41) is 0.918. The maximum Gasteiger partial charge on any atom is 0.281 e. The van der Waals surface area contributed by atoms with Crippen molar-refractivity contribution in [3.8, 4) is 0 Å². The van der Waals surface area contributed by atoms with Gasteiger partial charge in [-0.05, 0) is 39.8 Å². The second-order valence-corrected chi connectivity index (χ2v) is 19.8. The lowest BCUT2D eigenvalue weighted by atomic mass is 10.4. The number of amides is 2. The first-order valence-electron chi connectivity index (χ1n) is 15.6. The lowest BCUT2D eigenvalue weighted by molar-refractivity contribution is 0.172. The second-order valence-electron chi connectivity index (χ2n) is 11.7. The molecular weight excluding hydrogens is 709 g/mol. The molecule has 2 atom stereocenters. The van der Waals surface area contributed by atoms with Gasteiger partial charge in [-0.3, -0.25) is 9.59 Å². The third-order valence-corrected chi connectivity index (χ3v) is 17.8. The summed E-state index contributed by atoms with van der Waals surface area (Å²) < 4.78 is 1.98. The van der Waals surface area contributed by atoms with E-state index >= 15 is 0 Å². The summed E-state index contributed by atoms with van der Waals surface area (Å²) in [5.41, 5.74) is 0. The summed E-state index contributed by atoms with van der Waals surface area (Å²) in [6.07, 6.45) is 4.86. The summed E-state index contributed by atoms with van der Waals surface area (Å²) in [7, 11) is 7.98. The Hall–Kier alpha value is 0.740. The zero-order valence-corrected chi connectivity index (χ0v) is 32.6. The van der Waals surface area contributed by atoms with Gasteiger partial charge in [0.2, 0.25) is 0 Å². The summed E-state index contributed by atoms with van der Waals surface area (Å²) in [6.45, 7) is 11.2. The van der Waals surface area contributed by atoms with Crippen molar-refractivity contribution >= 4 is 112 Å². The molecule has 4 saturated heterocycles. The number of rotatable bonds is 11. The Kier molecular flexibility index (Phi) is 17.3. The van der Waals surface area contributed by atoms with E-state index in [1.807, 2.05) is 31.4 Å². The van der Waals surface area contributed by atoms with Crippen LogP contribution in [0.3, 0.4) is 0 Å². The van der Waals surface area contributed by atoms with Gasteiger partial charge >= 0.3 is 0 Å². The van der Waals surface area contributed by atoms with E-state index in [0.717, 1.165) is 110 Å². The van der Waals surface area contributed by atoms with Gasteiger partial charge in [0.1, 0.15) is 8.64 Å². The maximum absolute atomic E-state index is 13.1. The highest BCUT2D eigenvalue weighted by molar-refractivity contribution is 8.77. The van der Waals surface area contributed by atoms with E-state index in [9.17, 15) is 9.59 Å². The molecule has 0 bridgehead atoms. The fraction of sp³-hybridized carbons (Fsp3) is 0.857. The van der Waals surface area contributed by atoms with Crippen LogP contribution >= 0.6 is 93.1 Å². The van der Waals surface area contributed by atoms with Gasteiger partial charge in [-0.2, -0.15) is 0 Å². The average molecular weight is 757 g/mol. The minimum atomic E-state index is 0.192. The molecule has 4 aliphatic heterocycles. The third-order valence-electron chi connectivity index (χ3n) is 8.15. The van der Waals surface area contributed by atoms with Crippen molar-refractivity contribution in [2.75, 3.05) is 116 Å². The van der Waals surface area contributed by atoms with Gasteiger partial charge in [0.05, 0.1) is 0 Å². The fourth-order valence-corrected chi connectivity index (χ4v) is 14.4. The van der Waals surface area contributed by atoms with Crippen molar-refractivity contribution < 1.29 is 9.59 Å². The van der Waals surface area contributed by atoms with Crippen molar-refractivity contribution in [1.82, 2.24) is 29.4 Å². The number of carbonyl (C=O) groups is 2. The largest absolute Gasteiger partial charge is 0.358 e. The Labute approximate surface area is 300 Å². The van der Waals surface area contributed by atoms with Gasteiger partial charge in [-0.15, -0.1) is 0 Å². The molecule has 2 unspecified atom stereocenters. The summed E-state index contributed by atoms with van der Waals surface area (Å²) in [4.78, 5) is 39.4. The van der Waals surface area contributed by atoms with Gasteiger partial charge in [-0.1, -0.05) is 93.1 Å². The van der Waals surface area contributed by atoms with E-state index in [0.29, 0.717) is 0 Å². The van der Waals surface area contributed by atoms with Crippen molar-refractivity contribution in [2.45, 2.75) is 36.2 Å². The van der Waals surface area contributed by atoms with E-state index in [4.69, 9.17) is 24.4 Å². The first kappa shape index (κ1) is 37.6. The lowest BCUT2D eigenvalue weighted by Gasteiger charge is -2.32. The zero-order valence-electron chi connectivity index (χ0n) is 26.1. The van der Waals surface area contributed by atoms with Crippen LogP contribution in [0.15, 0.2) is 0 Å². The number of thiocarbonyl (C=S) groups is 2. The summed E-state index contributed by atoms with van der Waals surface area (Å²) in [5.74, 6) is 3.29. The van der Waals surface area contributed by atoms with Crippen LogP contribution in [-0.4, -0.2) is 175 Å². The molecule has 0 aromatic heterocycles. The number of piperazine rings is 2. The molecule has 16 heteroatoms. The Morgan fingerprint density at radius 2 is 0.818 bits per heavy atom. The minimum absolute atomic E-state index is 0.192. The topological polar surface area (TPSA) is 53.6 Å². The molecule has 4 heterocycles. The minimum Gasteiger partial charge on any atom is -0.358 e. The molecule has 4 aliphatic rings. The SMILES string of the molecule is CN1CCN(C(=O)SCC(CSC(=S)N2CCCC2)SSC(CSC(=O)N2CCN(C)CC2)CSC(=S)N2CCCC2)CC1. The van der Waals surface area contributed by atoms with Crippen LogP contribution in [0.25, 0.3) is 0 Å². The molecule has 0 spiro atoms. The number of thioether (sulfide) groups is 4. The molecule has 8 nitrogen and oxygen atoms in total. The van der Waals surface area contributed by atoms with E-state index in [1.165, 1.54) is 49.2 Å². The smallest absolute Gasteiger partial charge is 0.281 e. The van der Waals surface area contributed by atoms with Crippen molar-refractivity contribution in [3.63, 3.8) is 0 Å². The predicted octanol–water partition coefficient (Wildman–Crippen LogP) is 5.53. The number of hydrogen-bond acceptors (Lipinski definition) is 12. The molecule has 44 heavy (non-hydrogen) atoms. The number of likely N-dealkylation sites (tertiary alicyclic amines) is 2. The molecule has 4 fully saturated rings. The molecule has 0 saturated carbocycles. The van der Waals surface area contributed by atoms with Gasteiger partial charge in [0.15, 0.2) is 0 Å². The molecule has 4 rings (SSSR count). The van der Waals surface area contributed by atoms with Crippen molar-refractivity contribution in [2.24, 2.45) is 0 Å². The second kappa shape index (κ2) is 20.3. The van der Waals surface area contributed by atoms with Crippen LogP contribution in [0.5, 0.6) is 0 Å². The van der Waals surface area contributed by atoms with Crippen LogP contribution in [0.2, 0.25) is 0 Å². The highest BCUT2D eigenvalue weighted by Crippen LogP contribution is 2.38. The van der Waals surface area contributed by atoms with Crippen LogP contribution in [-0.2, 0) is 0 Å². The Bertz CT molecular complexity index is 865. The van der Waals surface area contributed by atoms with Crippen molar-refractivity contribution in [3.05, 3.63) is 0 Å². The van der Waals surface area contributed by atoms with E-state index in [1.54, 1.807) is 23.5 Å². The summed E-state index contributed by atoms with van der Waals surface area (Å²) in [6, 6.07) is 0. The van der Waals surface area contributed by atoms with Crippen LogP contribution in [0.4, 0.5) is 9.59 Å². The standard InChI is InChI=1S/C28H48N6O2S8/c1-29-11-15-31(16-12-29)25(35)39-19-23(21-41-27(37)33-7-3-4-8-33)43-44-24(22-42-28(38)34-9-5-6-10-34)20-40-26(36)32-17-13-30(2)14-18-32/h23-24H,3-22H2,1-2H3. The van der Waals surface area contributed by atoms with Gasteiger partial charge in [-0.25, -0.2) is 0 Å². The first-order valence-corrected chi connectivity index (χ1v) is 22.7. The molecule has 2 amide bonds. The zero-order chi connectivity index (χ0) is 31.3. The highest BCUT2D eigenvalue weighted by atomic mass is 33.1. The maximum atomic E-state index is 13.1.